The van der Waals surface area contributed by atoms with Crippen LogP contribution in [0.5, 0.6) is 0 Å². The third-order valence-corrected chi connectivity index (χ3v) is 8.14. The molecule has 2 aromatic heterocycles. The van der Waals surface area contributed by atoms with E-state index < -0.39 is 0 Å². The second-order valence-corrected chi connectivity index (χ2v) is 11.3. The highest BCUT2D eigenvalue weighted by atomic mass is 16.3. The van der Waals surface area contributed by atoms with Gasteiger partial charge in [-0.3, -0.25) is 0 Å². The van der Waals surface area contributed by atoms with Crippen LogP contribution in [0.3, 0.4) is 0 Å². The fourth-order valence-electron chi connectivity index (χ4n) is 5.51. The third kappa shape index (κ3) is 6.07. The SMILES string of the molecule is CC(C)(c1ccccc1)c1cnc(N2CCN(c3ncnc(Nc4ccc(N5CCC[C@@H](O)C5)cc4)n3)CC2)nc1. The van der Waals surface area contributed by atoms with Crippen molar-refractivity contribution in [3.63, 3.8) is 0 Å². The van der Waals surface area contributed by atoms with E-state index in [0.29, 0.717) is 18.4 Å². The first-order chi connectivity index (χ1) is 20.0. The van der Waals surface area contributed by atoms with E-state index in [1.807, 2.05) is 30.6 Å². The van der Waals surface area contributed by atoms with E-state index >= 15 is 0 Å². The van der Waals surface area contributed by atoms with E-state index in [-0.39, 0.29) is 11.5 Å². The first-order valence-corrected chi connectivity index (χ1v) is 14.3. The van der Waals surface area contributed by atoms with Crippen molar-refractivity contribution in [2.75, 3.05) is 59.3 Å². The zero-order valence-corrected chi connectivity index (χ0v) is 23.7. The van der Waals surface area contributed by atoms with Gasteiger partial charge in [0.25, 0.3) is 0 Å². The number of aliphatic hydroxyl groups excluding tert-OH is 1. The molecule has 0 radical (unpaired) electrons. The molecule has 0 unspecified atom stereocenters. The largest absolute Gasteiger partial charge is 0.391 e. The molecule has 41 heavy (non-hydrogen) atoms. The molecule has 1 atom stereocenters. The van der Waals surface area contributed by atoms with Gasteiger partial charge in [-0.25, -0.2) is 19.9 Å². The van der Waals surface area contributed by atoms with Crippen molar-refractivity contribution < 1.29 is 5.11 Å². The average Bonchev–Trinajstić information content (AvgIpc) is 3.02. The molecule has 0 bridgehead atoms. The Balaban J connectivity index is 1.05. The summed E-state index contributed by atoms with van der Waals surface area (Å²) in [7, 11) is 0. The summed E-state index contributed by atoms with van der Waals surface area (Å²) < 4.78 is 0. The van der Waals surface area contributed by atoms with Gasteiger partial charge in [-0.1, -0.05) is 44.2 Å². The van der Waals surface area contributed by atoms with Gasteiger partial charge in [0.05, 0.1) is 6.10 Å². The maximum atomic E-state index is 9.98. The summed E-state index contributed by atoms with van der Waals surface area (Å²) in [4.78, 5) is 29.5. The molecule has 2 fully saturated rings. The van der Waals surface area contributed by atoms with Crippen LogP contribution in [0.1, 0.15) is 37.8 Å². The van der Waals surface area contributed by atoms with E-state index in [0.717, 1.165) is 68.5 Å². The molecular formula is C31H37N9O. The summed E-state index contributed by atoms with van der Waals surface area (Å²) in [6.07, 6.45) is 7.09. The van der Waals surface area contributed by atoms with Crippen molar-refractivity contribution in [1.29, 1.82) is 0 Å². The van der Waals surface area contributed by atoms with E-state index in [1.165, 1.54) is 5.56 Å². The lowest BCUT2D eigenvalue weighted by Crippen LogP contribution is -2.47. The molecule has 10 heteroatoms. The molecule has 2 aliphatic heterocycles. The lowest BCUT2D eigenvalue weighted by molar-refractivity contribution is 0.154. The molecule has 4 aromatic rings. The number of anilines is 5. The van der Waals surface area contributed by atoms with Gasteiger partial charge < -0.3 is 25.1 Å². The Morgan fingerprint density at radius 1 is 0.756 bits per heavy atom. The van der Waals surface area contributed by atoms with Gasteiger partial charge in [0, 0.05) is 68.5 Å². The fourth-order valence-corrected chi connectivity index (χ4v) is 5.51. The summed E-state index contributed by atoms with van der Waals surface area (Å²) in [6, 6.07) is 18.6. The summed E-state index contributed by atoms with van der Waals surface area (Å²) in [5.74, 6) is 1.92. The van der Waals surface area contributed by atoms with Crippen LogP contribution in [0.4, 0.5) is 29.2 Å². The van der Waals surface area contributed by atoms with Gasteiger partial charge in [0.1, 0.15) is 6.33 Å². The molecule has 2 N–H and O–H groups in total. The van der Waals surface area contributed by atoms with E-state index in [4.69, 9.17) is 9.97 Å². The van der Waals surface area contributed by atoms with Crippen molar-refractivity contribution in [3.8, 4) is 0 Å². The third-order valence-electron chi connectivity index (χ3n) is 8.14. The topological polar surface area (TPSA) is 106 Å². The molecule has 0 amide bonds. The first kappa shape index (κ1) is 26.9. The average molecular weight is 552 g/mol. The molecular weight excluding hydrogens is 514 g/mol. The Kier molecular flexibility index (Phi) is 7.65. The van der Waals surface area contributed by atoms with Crippen LogP contribution in [0, 0.1) is 0 Å². The number of hydrogen-bond donors (Lipinski definition) is 2. The maximum Gasteiger partial charge on any atom is 0.231 e. The molecule has 212 valence electrons. The second kappa shape index (κ2) is 11.7. The van der Waals surface area contributed by atoms with Crippen molar-refractivity contribution in [2.24, 2.45) is 0 Å². The van der Waals surface area contributed by atoms with Crippen LogP contribution in [-0.4, -0.2) is 75.4 Å². The normalized spacial score (nSPS) is 17.9. The van der Waals surface area contributed by atoms with Gasteiger partial charge in [-0.2, -0.15) is 4.98 Å². The van der Waals surface area contributed by atoms with Crippen LogP contribution >= 0.6 is 0 Å². The van der Waals surface area contributed by atoms with Gasteiger partial charge >= 0.3 is 0 Å². The zero-order valence-electron chi connectivity index (χ0n) is 23.7. The van der Waals surface area contributed by atoms with Crippen molar-refractivity contribution in [3.05, 3.63) is 84.4 Å². The quantitative estimate of drug-likeness (QED) is 0.350. The van der Waals surface area contributed by atoms with E-state index in [1.54, 1.807) is 6.33 Å². The summed E-state index contributed by atoms with van der Waals surface area (Å²) >= 11 is 0. The number of benzene rings is 2. The van der Waals surface area contributed by atoms with E-state index in [9.17, 15) is 5.11 Å². The van der Waals surface area contributed by atoms with Gasteiger partial charge in [-0.05, 0) is 48.2 Å². The highest BCUT2D eigenvalue weighted by Crippen LogP contribution is 2.31. The molecule has 0 aliphatic carbocycles. The number of aliphatic hydroxyl groups is 1. The van der Waals surface area contributed by atoms with Crippen molar-refractivity contribution >= 4 is 29.2 Å². The zero-order chi connectivity index (χ0) is 28.2. The summed E-state index contributed by atoms with van der Waals surface area (Å²) in [5.41, 5.74) is 4.19. The lowest BCUT2D eigenvalue weighted by atomic mass is 9.79. The highest BCUT2D eigenvalue weighted by molar-refractivity contribution is 5.60. The smallest absolute Gasteiger partial charge is 0.231 e. The highest BCUT2D eigenvalue weighted by Gasteiger charge is 2.26. The van der Waals surface area contributed by atoms with Gasteiger partial charge in [0.2, 0.25) is 17.8 Å². The predicted molar refractivity (Wildman–Crippen MR) is 162 cm³/mol. The molecule has 2 aromatic carbocycles. The number of nitrogens with one attached hydrogen (secondary N) is 1. The van der Waals surface area contributed by atoms with Crippen molar-refractivity contribution in [2.45, 2.75) is 38.2 Å². The molecule has 2 saturated heterocycles. The molecule has 2 aliphatic rings. The second-order valence-electron chi connectivity index (χ2n) is 11.3. The summed E-state index contributed by atoms with van der Waals surface area (Å²) in [6.45, 7) is 9.15. The Labute approximate surface area is 241 Å². The Hall–Kier alpha value is -4.31. The predicted octanol–water partition coefficient (Wildman–Crippen LogP) is 4.02. The number of β-amino-alcohol motifs (C(OH)–C–C–N with tert-alkyl or cyclic N) is 1. The van der Waals surface area contributed by atoms with E-state index in [2.05, 4.69) is 85.2 Å². The Bertz CT molecular complexity index is 1420. The number of piperidine rings is 1. The molecule has 10 nitrogen and oxygen atoms in total. The minimum absolute atomic E-state index is 0.165. The van der Waals surface area contributed by atoms with Gasteiger partial charge in [-0.15, -0.1) is 0 Å². The number of piperazine rings is 1. The number of rotatable bonds is 7. The lowest BCUT2D eigenvalue weighted by Gasteiger charge is -2.35. The Morgan fingerprint density at radius 2 is 1.44 bits per heavy atom. The standard InChI is InChI=1S/C31H37N9O/c1-31(2,23-7-4-3-5-8-23)24-19-32-29(33-20-24)38-15-17-39(18-16-38)30-35-22-34-28(37-30)36-25-10-12-26(13-11-25)40-14-6-9-27(41)21-40/h3-5,7-8,10-13,19-20,22,27,41H,6,9,14-18,21H2,1-2H3,(H,34,35,36,37)/t27-/m1/s1. The molecule has 0 spiro atoms. The number of hydrogen-bond acceptors (Lipinski definition) is 10. The first-order valence-electron chi connectivity index (χ1n) is 14.3. The van der Waals surface area contributed by atoms with Crippen LogP contribution in [-0.2, 0) is 5.41 Å². The maximum absolute atomic E-state index is 9.98. The van der Waals surface area contributed by atoms with Gasteiger partial charge in [0.15, 0.2) is 0 Å². The van der Waals surface area contributed by atoms with Crippen LogP contribution in [0.25, 0.3) is 0 Å². The monoisotopic (exact) mass is 551 g/mol. The minimum Gasteiger partial charge on any atom is -0.391 e. The van der Waals surface area contributed by atoms with Crippen LogP contribution in [0.2, 0.25) is 0 Å². The summed E-state index contributed by atoms with van der Waals surface area (Å²) in [5, 5.41) is 13.3. The van der Waals surface area contributed by atoms with Crippen LogP contribution < -0.4 is 20.0 Å². The van der Waals surface area contributed by atoms with Crippen LogP contribution in [0.15, 0.2) is 73.3 Å². The number of aromatic nitrogens is 5. The number of nitrogens with zero attached hydrogens (tertiary/aromatic N) is 8. The minimum atomic E-state index is -0.252. The van der Waals surface area contributed by atoms with Crippen molar-refractivity contribution in [1.82, 2.24) is 24.9 Å². The fraction of sp³-hybridized carbons (Fsp3) is 0.387. The molecule has 0 saturated carbocycles. The molecule has 6 rings (SSSR count). The Morgan fingerprint density at radius 3 is 2.12 bits per heavy atom. The molecule has 4 heterocycles.